The number of hydrogen-bond acceptors (Lipinski definition) is 5. The monoisotopic (exact) mass is 350 g/mol. The largest absolute Gasteiger partial charge is 1.00 e. The summed E-state index contributed by atoms with van der Waals surface area (Å²) in [5.74, 6) is 0. The number of nitrogens with zero attached hydrogens (tertiary/aromatic N) is 2. The molecule has 0 aliphatic rings. The van der Waals surface area contributed by atoms with E-state index in [1.807, 2.05) is 24.3 Å². The molecule has 0 unspecified atom stereocenters. The molecular formula is C16H13N3NaO3S+. The van der Waals surface area contributed by atoms with Gasteiger partial charge in [0.1, 0.15) is 0 Å². The van der Waals surface area contributed by atoms with Gasteiger partial charge in [-0.05, 0) is 30.3 Å². The van der Waals surface area contributed by atoms with E-state index in [2.05, 4.69) is 10.2 Å². The second kappa shape index (κ2) is 7.42. The van der Waals surface area contributed by atoms with E-state index < -0.39 is 10.1 Å². The summed E-state index contributed by atoms with van der Waals surface area (Å²) >= 11 is 0. The average Bonchev–Trinajstić information content (AvgIpc) is 2.54. The Bertz CT molecular complexity index is 1020. The molecule has 3 rings (SSSR count). The van der Waals surface area contributed by atoms with Gasteiger partial charge in [-0.1, -0.05) is 30.3 Å². The SMILES string of the molecule is Nc1ccc(N=Nc2cccc(S(=O)(=O)O)c2)c2ccccc12.[Na+]. The van der Waals surface area contributed by atoms with Crippen molar-refractivity contribution in [3.63, 3.8) is 0 Å². The molecule has 0 saturated heterocycles. The van der Waals surface area contributed by atoms with E-state index in [4.69, 9.17) is 10.3 Å². The van der Waals surface area contributed by atoms with Gasteiger partial charge in [-0.2, -0.15) is 13.5 Å². The van der Waals surface area contributed by atoms with Crippen LogP contribution in [-0.4, -0.2) is 13.0 Å². The quantitative estimate of drug-likeness (QED) is 0.319. The van der Waals surface area contributed by atoms with Gasteiger partial charge in [0.2, 0.25) is 0 Å². The molecule has 0 radical (unpaired) electrons. The fourth-order valence-corrected chi connectivity index (χ4v) is 2.73. The number of hydrogen-bond donors (Lipinski definition) is 2. The number of nitrogen functional groups attached to an aromatic ring is 1. The topological polar surface area (TPSA) is 105 Å². The van der Waals surface area contributed by atoms with Crippen LogP contribution in [0.2, 0.25) is 0 Å². The van der Waals surface area contributed by atoms with Crippen molar-refractivity contribution in [2.24, 2.45) is 10.2 Å². The Morgan fingerprint density at radius 1 is 0.875 bits per heavy atom. The minimum absolute atomic E-state index is 0. The molecule has 24 heavy (non-hydrogen) atoms. The van der Waals surface area contributed by atoms with Crippen LogP contribution in [0.25, 0.3) is 10.8 Å². The summed E-state index contributed by atoms with van der Waals surface area (Å²) < 4.78 is 31.3. The summed E-state index contributed by atoms with van der Waals surface area (Å²) in [6, 6.07) is 16.6. The van der Waals surface area contributed by atoms with Crippen LogP contribution < -0.4 is 35.3 Å². The van der Waals surface area contributed by atoms with Gasteiger partial charge in [0.25, 0.3) is 10.1 Å². The third-order valence-electron chi connectivity index (χ3n) is 3.32. The van der Waals surface area contributed by atoms with Crippen LogP contribution in [0.15, 0.2) is 75.8 Å². The molecule has 0 heterocycles. The van der Waals surface area contributed by atoms with Crippen LogP contribution in [0.5, 0.6) is 0 Å². The van der Waals surface area contributed by atoms with E-state index in [1.54, 1.807) is 18.2 Å². The Labute approximate surface area is 161 Å². The smallest absolute Gasteiger partial charge is 0.398 e. The van der Waals surface area contributed by atoms with Crippen LogP contribution >= 0.6 is 0 Å². The number of anilines is 1. The maximum atomic E-state index is 11.1. The van der Waals surface area contributed by atoms with Gasteiger partial charge in [0, 0.05) is 16.5 Å². The van der Waals surface area contributed by atoms with E-state index in [0.717, 1.165) is 10.8 Å². The summed E-state index contributed by atoms with van der Waals surface area (Å²) in [5.41, 5.74) is 7.52. The van der Waals surface area contributed by atoms with Gasteiger partial charge in [-0.25, -0.2) is 0 Å². The first-order valence-electron chi connectivity index (χ1n) is 6.72. The number of nitrogens with two attached hydrogens (primary N) is 1. The zero-order valence-corrected chi connectivity index (χ0v) is 15.7. The predicted molar refractivity (Wildman–Crippen MR) is 88.8 cm³/mol. The molecule has 0 bridgehead atoms. The third-order valence-corrected chi connectivity index (χ3v) is 4.17. The summed E-state index contributed by atoms with van der Waals surface area (Å²) in [6.07, 6.45) is 0. The van der Waals surface area contributed by atoms with Crippen molar-refractivity contribution in [1.82, 2.24) is 0 Å². The molecule has 8 heteroatoms. The first-order chi connectivity index (χ1) is 10.9. The van der Waals surface area contributed by atoms with E-state index >= 15 is 0 Å². The van der Waals surface area contributed by atoms with Gasteiger partial charge in [-0.15, -0.1) is 5.11 Å². The van der Waals surface area contributed by atoms with E-state index in [9.17, 15) is 8.42 Å². The molecule has 0 amide bonds. The van der Waals surface area contributed by atoms with Crippen molar-refractivity contribution in [3.8, 4) is 0 Å². The minimum atomic E-state index is -4.27. The summed E-state index contributed by atoms with van der Waals surface area (Å²) in [7, 11) is -4.27. The standard InChI is InChI=1S/C16H13N3O3S.Na/c17-15-8-9-16(14-7-2-1-6-13(14)15)19-18-11-4-3-5-12(10-11)23(20,21)22;/h1-10H,17H2,(H,20,21,22);/q;+1. The van der Waals surface area contributed by atoms with Crippen molar-refractivity contribution < 1.29 is 42.5 Å². The molecule has 6 nitrogen and oxygen atoms in total. The zero-order valence-electron chi connectivity index (χ0n) is 12.9. The Hall–Kier alpha value is -1.77. The van der Waals surface area contributed by atoms with Crippen molar-refractivity contribution in [2.75, 3.05) is 5.73 Å². The summed E-state index contributed by atoms with van der Waals surface area (Å²) in [4.78, 5) is -0.226. The molecule has 0 aliphatic heterocycles. The second-order valence-electron chi connectivity index (χ2n) is 4.89. The number of azo groups is 1. The first kappa shape index (κ1) is 18.6. The van der Waals surface area contributed by atoms with E-state index in [-0.39, 0.29) is 34.5 Å². The Morgan fingerprint density at radius 3 is 2.29 bits per heavy atom. The van der Waals surface area contributed by atoms with Crippen LogP contribution in [0, 0.1) is 0 Å². The van der Waals surface area contributed by atoms with Crippen LogP contribution in [0.3, 0.4) is 0 Å². The summed E-state index contributed by atoms with van der Waals surface area (Å²) in [6.45, 7) is 0. The molecule has 0 aliphatic carbocycles. The van der Waals surface area contributed by atoms with Crippen molar-refractivity contribution in [1.29, 1.82) is 0 Å². The molecular weight excluding hydrogens is 337 g/mol. The summed E-state index contributed by atoms with van der Waals surface area (Å²) in [5, 5.41) is 9.92. The van der Waals surface area contributed by atoms with Gasteiger partial charge in [0.05, 0.1) is 16.3 Å². The molecule has 3 aromatic carbocycles. The van der Waals surface area contributed by atoms with Crippen molar-refractivity contribution in [3.05, 3.63) is 60.7 Å². The molecule has 3 aromatic rings. The average molecular weight is 350 g/mol. The number of rotatable bonds is 3. The number of benzene rings is 3. The van der Waals surface area contributed by atoms with Crippen LogP contribution in [0.4, 0.5) is 17.1 Å². The second-order valence-corrected chi connectivity index (χ2v) is 6.31. The van der Waals surface area contributed by atoms with Gasteiger partial charge < -0.3 is 5.73 Å². The molecule has 3 N–H and O–H groups in total. The fourth-order valence-electron chi connectivity index (χ4n) is 2.21. The normalized spacial score (nSPS) is 11.5. The van der Waals surface area contributed by atoms with Crippen molar-refractivity contribution >= 4 is 38.0 Å². The molecule has 116 valence electrons. The molecule has 0 spiro atoms. The molecule has 0 fully saturated rings. The Morgan fingerprint density at radius 2 is 1.58 bits per heavy atom. The van der Waals surface area contributed by atoms with Gasteiger partial charge >= 0.3 is 29.6 Å². The Balaban J connectivity index is 0.00000208. The maximum Gasteiger partial charge on any atom is 1.00 e. The molecule has 0 saturated carbocycles. The Kier molecular flexibility index (Phi) is 5.74. The molecule has 0 aromatic heterocycles. The van der Waals surface area contributed by atoms with E-state index in [1.165, 1.54) is 18.2 Å². The van der Waals surface area contributed by atoms with Crippen LogP contribution in [0.1, 0.15) is 0 Å². The van der Waals surface area contributed by atoms with E-state index in [0.29, 0.717) is 17.1 Å². The van der Waals surface area contributed by atoms with Crippen LogP contribution in [-0.2, 0) is 10.1 Å². The number of fused-ring (bicyclic) bond motifs is 1. The minimum Gasteiger partial charge on any atom is -0.398 e. The van der Waals surface area contributed by atoms with Crippen molar-refractivity contribution in [2.45, 2.75) is 4.90 Å². The maximum absolute atomic E-state index is 11.1. The van der Waals surface area contributed by atoms with Gasteiger partial charge in [-0.3, -0.25) is 4.55 Å². The predicted octanol–water partition coefficient (Wildman–Crippen LogP) is 1.09. The van der Waals surface area contributed by atoms with Gasteiger partial charge in [0.15, 0.2) is 0 Å². The first-order valence-corrected chi connectivity index (χ1v) is 8.16. The molecule has 0 atom stereocenters. The third kappa shape index (κ3) is 4.00. The zero-order chi connectivity index (χ0) is 16.4. The fraction of sp³-hybridized carbons (Fsp3) is 0.